The third kappa shape index (κ3) is 5.51. The van der Waals surface area contributed by atoms with E-state index in [2.05, 4.69) is 26.9 Å². The number of hydrogen-bond donors (Lipinski definition) is 2. The lowest BCUT2D eigenvalue weighted by Crippen LogP contribution is -2.40. The summed E-state index contributed by atoms with van der Waals surface area (Å²) in [4.78, 5) is 16.7. The second-order valence-electron chi connectivity index (χ2n) is 8.24. The molecule has 2 N–H and O–H groups in total. The predicted molar refractivity (Wildman–Crippen MR) is 133 cm³/mol. The number of nitrogens with one attached hydrogen (secondary N) is 2. The number of hydrogen-bond acceptors (Lipinski definition) is 7. The fraction of sp³-hybridized carbons (Fsp3) is 0.174. The van der Waals surface area contributed by atoms with E-state index >= 15 is 0 Å². The number of furan rings is 1. The summed E-state index contributed by atoms with van der Waals surface area (Å²) in [5, 5.41) is 3.31. The molecule has 0 saturated carbocycles. The van der Waals surface area contributed by atoms with Crippen LogP contribution >= 0.6 is 24.0 Å². The van der Waals surface area contributed by atoms with E-state index in [1.165, 1.54) is 23.9 Å². The Balaban J connectivity index is 1.60. The lowest BCUT2D eigenvalue weighted by atomic mass is 10.1. The molecule has 0 aliphatic carbocycles. The maximum Gasteiger partial charge on any atom is 0.263 e. The Bertz CT molecular complexity index is 1470. The third-order valence-corrected chi connectivity index (χ3v) is 7.24. The smallest absolute Gasteiger partial charge is 0.263 e. The van der Waals surface area contributed by atoms with Gasteiger partial charge in [0.2, 0.25) is 10.0 Å². The number of benzene rings is 1. The van der Waals surface area contributed by atoms with Crippen LogP contribution < -0.4 is 10.0 Å². The van der Waals surface area contributed by atoms with E-state index in [9.17, 15) is 13.2 Å². The van der Waals surface area contributed by atoms with Crippen molar-refractivity contribution in [3.05, 3.63) is 64.5 Å². The molecule has 168 valence electrons. The summed E-state index contributed by atoms with van der Waals surface area (Å²) in [7, 11) is -3.61. The number of carbonyl (C=O) groups excluding carboxylic acids is 1. The minimum Gasteiger partial charge on any atom is -0.455 e. The number of sulfonamides is 1. The first-order valence-electron chi connectivity index (χ1n) is 9.79. The maximum atomic E-state index is 12.4. The van der Waals surface area contributed by atoms with Crippen molar-refractivity contribution in [2.24, 2.45) is 0 Å². The van der Waals surface area contributed by atoms with Crippen LogP contribution in [0.5, 0.6) is 0 Å². The second kappa shape index (κ2) is 8.76. The van der Waals surface area contributed by atoms with Gasteiger partial charge in [0.05, 0.1) is 15.4 Å². The molecule has 3 heterocycles. The van der Waals surface area contributed by atoms with Crippen molar-refractivity contribution >= 4 is 61.3 Å². The van der Waals surface area contributed by atoms with Gasteiger partial charge in [-0.2, -0.15) is 0 Å². The van der Waals surface area contributed by atoms with Crippen LogP contribution in [0.1, 0.15) is 37.7 Å². The molecule has 2 aromatic heterocycles. The standard InChI is InChI=1S/C23H19N3O4S3/c1-23(2,3)26-33(28,29)18-8-5-14(6-9-18)4-7-15-12-24-13-16-10-17(30-20(15)16)11-19-21(27)25-22(31)32-19/h5-6,8-13,26H,1-3H3,(H,25,27,31)/b19-11-. The van der Waals surface area contributed by atoms with Crippen LogP contribution in [0.3, 0.4) is 0 Å². The van der Waals surface area contributed by atoms with Gasteiger partial charge >= 0.3 is 0 Å². The molecule has 0 unspecified atom stereocenters. The number of aromatic nitrogens is 1. The van der Waals surface area contributed by atoms with Gasteiger partial charge in [-0.3, -0.25) is 9.78 Å². The topological polar surface area (TPSA) is 101 Å². The average Bonchev–Trinajstić information content (AvgIpc) is 3.27. The van der Waals surface area contributed by atoms with Crippen LogP contribution in [0.15, 0.2) is 56.9 Å². The molecular formula is C23H19N3O4S3. The molecule has 1 fully saturated rings. The highest BCUT2D eigenvalue weighted by Gasteiger charge is 2.23. The highest BCUT2D eigenvalue weighted by Crippen LogP contribution is 2.29. The average molecular weight is 498 g/mol. The fourth-order valence-corrected chi connectivity index (χ4v) is 5.45. The molecule has 0 bridgehead atoms. The van der Waals surface area contributed by atoms with Crippen LogP contribution in [0.2, 0.25) is 0 Å². The lowest BCUT2D eigenvalue weighted by Gasteiger charge is -2.20. The summed E-state index contributed by atoms with van der Waals surface area (Å²) >= 11 is 6.18. The first-order chi connectivity index (χ1) is 15.5. The summed E-state index contributed by atoms with van der Waals surface area (Å²) in [6, 6.07) is 8.10. The van der Waals surface area contributed by atoms with E-state index < -0.39 is 15.6 Å². The quantitative estimate of drug-likeness (QED) is 0.322. The van der Waals surface area contributed by atoms with Gasteiger partial charge in [0.1, 0.15) is 10.1 Å². The normalized spacial score (nSPS) is 15.5. The summed E-state index contributed by atoms with van der Waals surface area (Å²) < 4.78 is 33.8. The Morgan fingerprint density at radius 3 is 2.55 bits per heavy atom. The molecule has 0 spiro atoms. The largest absolute Gasteiger partial charge is 0.455 e. The number of thiocarbonyl (C=S) groups is 1. The van der Waals surface area contributed by atoms with E-state index in [4.69, 9.17) is 16.6 Å². The van der Waals surface area contributed by atoms with Gasteiger partial charge < -0.3 is 9.73 Å². The van der Waals surface area contributed by atoms with Gasteiger partial charge in [-0.1, -0.05) is 35.8 Å². The van der Waals surface area contributed by atoms with E-state index in [0.717, 1.165) is 5.39 Å². The number of nitrogens with zero attached hydrogens (tertiary/aromatic N) is 1. The second-order valence-corrected chi connectivity index (χ2v) is 11.6. The Hall–Kier alpha value is -2.97. The zero-order chi connectivity index (χ0) is 23.8. The maximum absolute atomic E-state index is 12.4. The molecule has 1 aliphatic rings. The monoisotopic (exact) mass is 497 g/mol. The number of carbonyl (C=O) groups is 1. The molecule has 7 nitrogen and oxygen atoms in total. The number of fused-ring (bicyclic) bond motifs is 1. The zero-order valence-corrected chi connectivity index (χ0v) is 20.4. The number of pyridine rings is 1. The van der Waals surface area contributed by atoms with E-state index in [1.807, 2.05) is 0 Å². The highest BCUT2D eigenvalue weighted by molar-refractivity contribution is 8.26. The summed E-state index contributed by atoms with van der Waals surface area (Å²) in [5.74, 6) is 6.27. The third-order valence-electron chi connectivity index (χ3n) is 4.30. The van der Waals surface area contributed by atoms with Gasteiger partial charge in [-0.05, 0) is 51.1 Å². The van der Waals surface area contributed by atoms with E-state index in [1.54, 1.807) is 57.4 Å². The summed E-state index contributed by atoms with van der Waals surface area (Å²) in [6.45, 7) is 5.35. The van der Waals surface area contributed by atoms with Crippen molar-refractivity contribution in [1.29, 1.82) is 0 Å². The number of amides is 1. The van der Waals surface area contributed by atoms with Crippen LogP contribution in [-0.4, -0.2) is 29.2 Å². The molecule has 1 aliphatic heterocycles. The molecule has 0 atom stereocenters. The molecule has 0 radical (unpaired) electrons. The molecule has 10 heteroatoms. The van der Waals surface area contributed by atoms with Crippen LogP contribution in [0, 0.1) is 11.8 Å². The van der Waals surface area contributed by atoms with Crippen LogP contribution in [0.4, 0.5) is 0 Å². The van der Waals surface area contributed by atoms with Crippen molar-refractivity contribution in [3.63, 3.8) is 0 Å². The van der Waals surface area contributed by atoms with Gasteiger partial charge in [0, 0.05) is 35.0 Å². The van der Waals surface area contributed by atoms with Gasteiger partial charge in [-0.15, -0.1) is 0 Å². The number of rotatable bonds is 3. The first kappa shape index (κ1) is 23.2. The highest BCUT2D eigenvalue weighted by atomic mass is 32.2. The minimum atomic E-state index is -3.61. The van der Waals surface area contributed by atoms with Crippen molar-refractivity contribution in [2.75, 3.05) is 0 Å². The molecule has 1 aromatic carbocycles. The Morgan fingerprint density at radius 2 is 1.91 bits per heavy atom. The number of thioether (sulfide) groups is 1. The zero-order valence-electron chi connectivity index (χ0n) is 17.9. The van der Waals surface area contributed by atoms with Crippen molar-refractivity contribution in [2.45, 2.75) is 31.2 Å². The molecular weight excluding hydrogens is 478 g/mol. The van der Waals surface area contributed by atoms with E-state index in [-0.39, 0.29) is 10.8 Å². The van der Waals surface area contributed by atoms with Crippen LogP contribution in [-0.2, 0) is 14.8 Å². The van der Waals surface area contributed by atoms with Crippen LogP contribution in [0.25, 0.3) is 17.0 Å². The lowest BCUT2D eigenvalue weighted by molar-refractivity contribution is -0.115. The molecule has 3 aromatic rings. The SMILES string of the molecule is CC(C)(C)NS(=O)(=O)c1ccc(C#Cc2cncc3cc(/C=C4\SC(=S)NC4=O)oc23)cc1. The first-order valence-corrected chi connectivity index (χ1v) is 12.5. The molecule has 33 heavy (non-hydrogen) atoms. The Labute approximate surface area is 201 Å². The summed E-state index contributed by atoms with van der Waals surface area (Å²) in [5.41, 5.74) is 1.18. The van der Waals surface area contributed by atoms with Crippen molar-refractivity contribution in [1.82, 2.24) is 15.0 Å². The van der Waals surface area contributed by atoms with E-state index in [0.29, 0.717) is 31.7 Å². The Kier molecular flexibility index (Phi) is 6.16. The predicted octanol–water partition coefficient (Wildman–Crippen LogP) is 3.79. The molecule has 4 rings (SSSR count). The van der Waals surface area contributed by atoms with Crippen molar-refractivity contribution in [3.8, 4) is 11.8 Å². The van der Waals surface area contributed by atoms with Gasteiger partial charge in [0.25, 0.3) is 5.91 Å². The minimum absolute atomic E-state index is 0.170. The fourth-order valence-electron chi connectivity index (χ4n) is 3.01. The van der Waals surface area contributed by atoms with Crippen molar-refractivity contribution < 1.29 is 17.6 Å². The molecule has 1 amide bonds. The summed E-state index contributed by atoms with van der Waals surface area (Å²) in [6.07, 6.45) is 4.87. The molecule has 1 saturated heterocycles. The van der Waals surface area contributed by atoms with Gasteiger partial charge in [-0.25, -0.2) is 13.1 Å². The Morgan fingerprint density at radius 1 is 1.18 bits per heavy atom. The van der Waals surface area contributed by atoms with Gasteiger partial charge in [0.15, 0.2) is 5.58 Å².